The van der Waals surface area contributed by atoms with Crippen molar-refractivity contribution in [3.8, 4) is 12.3 Å². The Morgan fingerprint density at radius 3 is 2.33 bits per heavy atom. The van der Waals surface area contributed by atoms with E-state index < -0.39 is 17.6 Å². The fraction of sp³-hybridized carbons (Fsp3) is 0.0625. The van der Waals surface area contributed by atoms with Gasteiger partial charge in [-0.1, -0.05) is 12.0 Å². The third kappa shape index (κ3) is 3.63. The third-order valence-corrected chi connectivity index (χ3v) is 2.76. The van der Waals surface area contributed by atoms with Crippen LogP contribution in [0.4, 0.5) is 18.9 Å². The first kappa shape index (κ1) is 14.7. The van der Waals surface area contributed by atoms with Crippen LogP contribution >= 0.6 is 0 Å². The highest BCUT2D eigenvalue weighted by Gasteiger charge is 2.30. The number of rotatable bonds is 2. The Bertz CT molecular complexity index is 697. The van der Waals surface area contributed by atoms with Crippen LogP contribution in [0.25, 0.3) is 0 Å². The molecule has 0 aliphatic rings. The molecular weight excluding hydrogens is 279 g/mol. The van der Waals surface area contributed by atoms with E-state index in [0.29, 0.717) is 11.3 Å². The summed E-state index contributed by atoms with van der Waals surface area (Å²) in [6.07, 6.45) is 0.828. The minimum Gasteiger partial charge on any atom is -0.322 e. The lowest BCUT2D eigenvalue weighted by Gasteiger charge is -2.08. The second kappa shape index (κ2) is 5.71. The summed E-state index contributed by atoms with van der Waals surface area (Å²) in [4.78, 5) is 11.9. The second-order valence-electron chi connectivity index (χ2n) is 4.25. The molecule has 106 valence electrons. The average molecular weight is 289 g/mol. The smallest absolute Gasteiger partial charge is 0.322 e. The summed E-state index contributed by atoms with van der Waals surface area (Å²) in [7, 11) is 0. The Kier molecular flexibility index (Phi) is 3.99. The van der Waals surface area contributed by atoms with Crippen LogP contribution in [0.15, 0.2) is 48.5 Å². The number of amides is 1. The van der Waals surface area contributed by atoms with E-state index in [9.17, 15) is 18.0 Å². The zero-order chi connectivity index (χ0) is 15.5. The van der Waals surface area contributed by atoms with E-state index in [2.05, 4.69) is 11.2 Å². The summed E-state index contributed by atoms with van der Waals surface area (Å²) >= 11 is 0. The van der Waals surface area contributed by atoms with Gasteiger partial charge in [-0.05, 0) is 42.5 Å². The molecule has 0 unspecified atom stereocenters. The monoisotopic (exact) mass is 289 g/mol. The van der Waals surface area contributed by atoms with E-state index in [1.807, 2.05) is 0 Å². The minimum atomic E-state index is -4.42. The van der Waals surface area contributed by atoms with Crippen LogP contribution < -0.4 is 5.32 Å². The normalized spacial score (nSPS) is 10.8. The van der Waals surface area contributed by atoms with Crippen LogP contribution in [-0.4, -0.2) is 5.91 Å². The highest BCUT2D eigenvalue weighted by atomic mass is 19.4. The van der Waals surface area contributed by atoms with Crippen LogP contribution in [0.1, 0.15) is 21.5 Å². The molecule has 0 aliphatic carbocycles. The third-order valence-electron chi connectivity index (χ3n) is 2.76. The van der Waals surface area contributed by atoms with Crippen molar-refractivity contribution in [3.63, 3.8) is 0 Å². The molecule has 0 heterocycles. The van der Waals surface area contributed by atoms with E-state index in [-0.39, 0.29) is 5.56 Å². The molecule has 0 saturated heterocycles. The van der Waals surface area contributed by atoms with E-state index in [4.69, 9.17) is 6.42 Å². The van der Waals surface area contributed by atoms with Gasteiger partial charge < -0.3 is 5.32 Å². The van der Waals surface area contributed by atoms with Crippen LogP contribution in [0, 0.1) is 12.3 Å². The standard InChI is InChI=1S/C16H10F3NO/c1-2-11-4-3-5-14(10-11)20-15(21)12-6-8-13(9-7-12)16(17,18)19/h1,3-10H,(H,20,21). The van der Waals surface area contributed by atoms with Crippen LogP contribution in [0.2, 0.25) is 0 Å². The van der Waals surface area contributed by atoms with Gasteiger partial charge in [0.1, 0.15) is 0 Å². The lowest BCUT2D eigenvalue weighted by atomic mass is 10.1. The Balaban J connectivity index is 2.15. The van der Waals surface area contributed by atoms with Gasteiger partial charge in [-0.25, -0.2) is 0 Å². The lowest BCUT2D eigenvalue weighted by molar-refractivity contribution is -0.137. The van der Waals surface area contributed by atoms with Crippen LogP contribution in [-0.2, 0) is 6.18 Å². The van der Waals surface area contributed by atoms with Gasteiger partial charge in [0.25, 0.3) is 5.91 Å². The molecule has 2 rings (SSSR count). The van der Waals surface area contributed by atoms with Crippen molar-refractivity contribution >= 4 is 11.6 Å². The maximum atomic E-state index is 12.4. The predicted molar refractivity (Wildman–Crippen MR) is 73.8 cm³/mol. The molecule has 0 spiro atoms. The summed E-state index contributed by atoms with van der Waals surface area (Å²) in [5, 5.41) is 2.58. The van der Waals surface area contributed by atoms with Gasteiger partial charge in [-0.2, -0.15) is 13.2 Å². The van der Waals surface area contributed by atoms with Crippen molar-refractivity contribution in [2.24, 2.45) is 0 Å². The molecule has 1 amide bonds. The van der Waals surface area contributed by atoms with E-state index in [1.54, 1.807) is 24.3 Å². The molecule has 0 bridgehead atoms. The van der Waals surface area contributed by atoms with Crippen LogP contribution in [0.3, 0.4) is 0 Å². The lowest BCUT2D eigenvalue weighted by Crippen LogP contribution is -2.12. The highest BCUT2D eigenvalue weighted by molar-refractivity contribution is 6.04. The number of carbonyl (C=O) groups excluding carboxylic acids is 1. The molecule has 1 N–H and O–H groups in total. The maximum Gasteiger partial charge on any atom is 0.416 e. The van der Waals surface area contributed by atoms with Gasteiger partial charge in [-0.15, -0.1) is 6.42 Å². The molecule has 0 fully saturated rings. The first-order chi connectivity index (χ1) is 9.90. The van der Waals surface area contributed by atoms with Gasteiger partial charge >= 0.3 is 6.18 Å². The van der Waals surface area contributed by atoms with E-state index in [0.717, 1.165) is 24.3 Å². The molecule has 5 heteroatoms. The fourth-order valence-electron chi connectivity index (χ4n) is 1.70. The zero-order valence-corrected chi connectivity index (χ0v) is 10.7. The molecule has 0 aliphatic heterocycles. The molecule has 0 saturated carbocycles. The molecule has 2 aromatic rings. The first-order valence-electron chi connectivity index (χ1n) is 5.95. The van der Waals surface area contributed by atoms with Crippen molar-refractivity contribution < 1.29 is 18.0 Å². The summed E-state index contributed by atoms with van der Waals surface area (Å²) in [6.45, 7) is 0. The topological polar surface area (TPSA) is 29.1 Å². The van der Waals surface area contributed by atoms with Gasteiger partial charge in [-0.3, -0.25) is 4.79 Å². The van der Waals surface area contributed by atoms with Gasteiger partial charge in [0, 0.05) is 16.8 Å². The Morgan fingerprint density at radius 2 is 1.76 bits per heavy atom. The largest absolute Gasteiger partial charge is 0.416 e. The predicted octanol–water partition coefficient (Wildman–Crippen LogP) is 3.94. The number of alkyl halides is 3. The highest BCUT2D eigenvalue weighted by Crippen LogP contribution is 2.29. The molecule has 0 atom stereocenters. The summed E-state index contributed by atoms with van der Waals surface area (Å²) in [6, 6.07) is 10.6. The molecule has 21 heavy (non-hydrogen) atoms. The number of carbonyl (C=O) groups is 1. The number of benzene rings is 2. The number of hydrogen-bond donors (Lipinski definition) is 1. The number of anilines is 1. The number of nitrogens with one attached hydrogen (secondary N) is 1. The summed E-state index contributed by atoms with van der Waals surface area (Å²) in [5.74, 6) is 1.93. The number of terminal acetylenes is 1. The summed E-state index contributed by atoms with van der Waals surface area (Å²) < 4.78 is 37.3. The Morgan fingerprint density at radius 1 is 1.10 bits per heavy atom. The van der Waals surface area contributed by atoms with Crippen molar-refractivity contribution in [2.75, 3.05) is 5.32 Å². The molecular formula is C16H10F3NO. The minimum absolute atomic E-state index is 0.133. The van der Waals surface area contributed by atoms with Crippen molar-refractivity contribution in [3.05, 3.63) is 65.2 Å². The molecule has 2 aromatic carbocycles. The van der Waals surface area contributed by atoms with Gasteiger partial charge in [0.15, 0.2) is 0 Å². The van der Waals surface area contributed by atoms with Gasteiger partial charge in [0.05, 0.1) is 5.56 Å². The van der Waals surface area contributed by atoms with E-state index in [1.165, 1.54) is 0 Å². The first-order valence-corrected chi connectivity index (χ1v) is 5.95. The molecule has 0 radical (unpaired) electrons. The SMILES string of the molecule is C#Cc1cccc(NC(=O)c2ccc(C(F)(F)F)cc2)c1. The summed E-state index contributed by atoms with van der Waals surface area (Å²) in [5.41, 5.74) is 0.415. The average Bonchev–Trinajstić information content (AvgIpc) is 2.46. The zero-order valence-electron chi connectivity index (χ0n) is 10.7. The van der Waals surface area contributed by atoms with Crippen molar-refractivity contribution in [2.45, 2.75) is 6.18 Å². The number of hydrogen-bond acceptors (Lipinski definition) is 1. The number of halogens is 3. The van der Waals surface area contributed by atoms with E-state index >= 15 is 0 Å². The van der Waals surface area contributed by atoms with Crippen molar-refractivity contribution in [1.82, 2.24) is 0 Å². The maximum absolute atomic E-state index is 12.4. The molecule has 2 nitrogen and oxygen atoms in total. The van der Waals surface area contributed by atoms with Gasteiger partial charge in [0.2, 0.25) is 0 Å². The Hall–Kier alpha value is -2.74. The Labute approximate surface area is 119 Å². The van der Waals surface area contributed by atoms with Crippen LogP contribution in [0.5, 0.6) is 0 Å². The molecule has 0 aromatic heterocycles. The second-order valence-corrected chi connectivity index (χ2v) is 4.25. The fourth-order valence-corrected chi connectivity index (χ4v) is 1.70. The quantitative estimate of drug-likeness (QED) is 0.834. The van der Waals surface area contributed by atoms with Crippen molar-refractivity contribution in [1.29, 1.82) is 0 Å².